The van der Waals surface area contributed by atoms with E-state index in [-0.39, 0.29) is 171 Å². The topological polar surface area (TPSA) is 120 Å². The molecule has 4 aliphatic rings. The molecule has 4 heterocycles. The van der Waals surface area contributed by atoms with Gasteiger partial charge in [0.15, 0.2) is 0 Å². The van der Waals surface area contributed by atoms with E-state index in [4.69, 9.17) is 12.8 Å². The third-order valence-corrected chi connectivity index (χ3v) is 24.2. The van der Waals surface area contributed by atoms with Crippen molar-refractivity contribution in [2.24, 2.45) is 0 Å². The Bertz CT molecular complexity index is 7630. The molecule has 1 amide bonds. The first-order chi connectivity index (χ1) is 71.0. The van der Waals surface area contributed by atoms with E-state index in [1.807, 2.05) is 137 Å². The number of nitrogens with one attached hydrogen (secondary N) is 1. The molecule has 0 fully saturated rings. The number of carbonyl (C=O) groups excluding carboxylic acids is 1. The zero-order chi connectivity index (χ0) is 105. The van der Waals surface area contributed by atoms with Gasteiger partial charge in [0.2, 0.25) is 40.8 Å². The molecule has 0 saturated carbocycles. The summed E-state index contributed by atoms with van der Waals surface area (Å²) in [4.78, 5) is 39.7. The molecule has 0 aromatic heterocycles. The lowest BCUT2D eigenvalue weighted by molar-refractivity contribution is -0.788. The molecule has 4 aliphatic heterocycles. The largest absolute Gasteiger partial charge is 1.00 e. The van der Waals surface area contributed by atoms with Crippen molar-refractivity contribution in [2.75, 3.05) is 22.9 Å². The van der Waals surface area contributed by atoms with E-state index in [1.54, 1.807) is 35.4 Å². The lowest BCUT2D eigenvalue weighted by Gasteiger charge is -2.27. The van der Waals surface area contributed by atoms with Crippen molar-refractivity contribution in [2.45, 2.75) is 259 Å². The van der Waals surface area contributed by atoms with Gasteiger partial charge in [0.1, 0.15) is 11.4 Å². The normalized spacial score (nSPS) is 12.9. The molecule has 0 bridgehead atoms. The van der Waals surface area contributed by atoms with E-state index in [1.165, 1.54) is 171 Å². The molecule has 5 aromatic rings. The van der Waals surface area contributed by atoms with Gasteiger partial charge in [-0.05, 0) is 198 Å². The zero-order valence-electron chi connectivity index (χ0n) is 87.3. The number of halogens is 2. The summed E-state index contributed by atoms with van der Waals surface area (Å²) in [5.74, 6) is 102. The van der Waals surface area contributed by atoms with Crippen LogP contribution in [0, 0.1) is 282 Å². The number of quaternary nitrogens is 1. The number of nitro benzene ring substituents is 2. The van der Waals surface area contributed by atoms with E-state index in [9.17, 15) is 25.0 Å². The van der Waals surface area contributed by atoms with Crippen molar-refractivity contribution < 1.29 is 141 Å². The molecule has 0 aliphatic carbocycles. The summed E-state index contributed by atoms with van der Waals surface area (Å²) in [6, 6.07) is 42.9. The number of fused-ring (bicyclic) bond motifs is 4. The van der Waals surface area contributed by atoms with Crippen LogP contribution in [-0.4, -0.2) is 57.8 Å². The average Bonchev–Trinajstić information content (AvgIpc) is 1.58. The number of hydrogen-bond donors (Lipinski definition) is 1. The number of hydrogen-bond acceptors (Lipinski definition) is 6. The van der Waals surface area contributed by atoms with Crippen LogP contribution in [0.25, 0.3) is 0 Å². The molecule has 15 heteroatoms. The molecule has 0 spiro atoms. The number of nitrogens with zero attached hydrogens (tertiary/aromatic N) is 6. The standard InChI is InChI=1S/C63H56N3O2.C46H25N2O.C25H40N2O2.CH4.B.2HI.45H2/c1-7-9-11-13-15-17-19-21-22-23-24-25-26-27-28-30-32-33-38-44-52-64-58-47-43-42-46-56(58)62(3,4)60(64)48-40-36-35-37-41-49-61-63(5,6)57-54-55(66(67)68)50-51-59(57)65(61)53-45-39-34-31-29-20-18-16-14-12-10-8-2;1-5-6-7-8-9-10-11-12-13-14-15-16-17-18-19-20-21-22-24-33-40-48-44-37-31-30-36-43(44)46(3,4)45(48)38-29-23-25-32-39-47(41(2)49)42-34-27-26-28-35-42;1-5-6-7-8-9-10-11-12-13-14-15-16-19-26-21(2)25(3,4)23-20-22(27(28)29)17-18-24(23)26;;;;;;;;;;;;;;;;;;;;;;;;;;;;;;;;;;;;;;;;;;;;;;;;;/h1,35-37,40-43,46-51,54H,8,10,12,14,16,18,20,29,31,34,39,45,53H2,2-6H3;1,23,25-32,34-39H,2-4H3;17-18,20H,2,5-16,19H2,1,3-4H3;1H4;;47*1H/q2*+1;;;;;;;;;;;;;;;;;;;;;;;;;;;;;;;;;;;;;;;;;;;;;;;;;;/p-1/i;;;;;;;1+1;;;;;;;;;;;;;;;;;;;;;;;;;;;;;;;;;;;;;;;;;;;;. The van der Waals surface area contributed by atoms with Crippen LogP contribution in [0.4, 0.5) is 39.8 Å². The van der Waals surface area contributed by atoms with Gasteiger partial charge in [-0.25, -0.2) is 0 Å². The number of allylic oxidation sites excluding steroid dienone is 14. The van der Waals surface area contributed by atoms with E-state index in [0.717, 1.165) is 81.8 Å². The van der Waals surface area contributed by atoms with Crippen molar-refractivity contribution >= 4 is 65.6 Å². The van der Waals surface area contributed by atoms with Gasteiger partial charge in [0.25, 0.3) is 11.4 Å². The average molecular weight is 2280 g/mol. The lowest BCUT2D eigenvalue weighted by Crippen LogP contribution is -3.04. The predicted molar refractivity (Wildman–Crippen MR) is 708 cm³/mol. The molecular weight excluding hydrogens is 2060 g/mol. The van der Waals surface area contributed by atoms with Crippen molar-refractivity contribution in [3.8, 4) is 262 Å². The maximum absolute atomic E-state index is 12.1. The first-order valence-electron chi connectivity index (χ1n) is 49.5. The Morgan fingerprint density at radius 3 is 1.09 bits per heavy atom. The van der Waals surface area contributed by atoms with Gasteiger partial charge in [0, 0.05) is 316 Å². The van der Waals surface area contributed by atoms with Crippen LogP contribution in [0.15, 0.2) is 212 Å². The predicted octanol–water partition coefficient (Wildman–Crippen LogP) is 29.0. The molecule has 3 radical (unpaired) electrons. The maximum atomic E-state index is 12.1. The first-order valence-corrected chi connectivity index (χ1v) is 49.5. The van der Waals surface area contributed by atoms with Gasteiger partial charge in [-0.15, -0.1) is 22.0 Å². The van der Waals surface area contributed by atoms with Crippen molar-refractivity contribution in [1.29, 1.82) is 0 Å². The molecule has 1 atom stereocenters. The van der Waals surface area contributed by atoms with Gasteiger partial charge in [-0.1, -0.05) is 273 Å². The Kier molecular flexibility index (Phi) is 62.3. The second kappa shape index (κ2) is 73.3. The van der Waals surface area contributed by atoms with Crippen LogP contribution >= 0.6 is 0 Å². The number of rotatable bonds is 37. The van der Waals surface area contributed by atoms with Crippen LogP contribution in [0.3, 0.4) is 0 Å². The van der Waals surface area contributed by atoms with E-state index < -0.39 is 5.41 Å². The number of anilines is 2. The number of benzene rings is 5. The van der Waals surface area contributed by atoms with Crippen LogP contribution in [0.5, 0.6) is 0 Å². The quantitative estimate of drug-likeness (QED) is 0.00618. The highest BCUT2D eigenvalue weighted by Gasteiger charge is 2.48. The number of unbranched alkanes of at least 4 members (excludes halogenated alkanes) is 22. The summed E-state index contributed by atoms with van der Waals surface area (Å²) in [5.41, 5.74) is 12.8. The van der Waals surface area contributed by atoms with Crippen LogP contribution in [-0.2, 0) is 26.5 Å². The Morgan fingerprint density at radius 2 is 0.720 bits per heavy atom. The van der Waals surface area contributed by atoms with E-state index in [0.29, 0.717) is 0 Å². The fourth-order valence-electron chi connectivity index (χ4n) is 16.6. The fourth-order valence-corrected chi connectivity index (χ4v) is 16.6. The molecule has 5 aromatic carbocycles. The Labute approximate surface area is 1000 Å². The number of nitro groups is 2. The summed E-state index contributed by atoms with van der Waals surface area (Å²) in [6.45, 7) is 29.6. The molecule has 12 nitrogen and oxygen atoms in total. The highest BCUT2D eigenvalue weighted by molar-refractivity contribution is 6.04. The van der Waals surface area contributed by atoms with Crippen LogP contribution < -0.4 is 62.7 Å². The highest BCUT2D eigenvalue weighted by Crippen LogP contribution is 2.50. The molecule has 837 valence electrons. The third-order valence-electron chi connectivity index (χ3n) is 24.2. The summed E-state index contributed by atoms with van der Waals surface area (Å²) in [5, 5.41) is 22.9. The number of carbonyl (C=O) groups is 1. The smallest absolute Gasteiger partial charge is 0.270 e. The van der Waals surface area contributed by atoms with Crippen molar-refractivity contribution in [3.63, 3.8) is 0 Å². The van der Waals surface area contributed by atoms with Crippen LogP contribution in [0.1, 0.15) is 324 Å². The van der Waals surface area contributed by atoms with E-state index in [2.05, 4.69) is 366 Å². The SMILES string of the molecule is C.C#CC#CC#CC#CC#CC#CC#CC#CC#CC#CC#C[N+]1=C(/C=C/C=C/C=C/C=C2/N(CCCCCCCCCCCCCC)c3ccc([N+](=O)[O-])cc3C2(C)C)C(C)(C)c2ccccc21.C#CC#CC#CC#CC#CC#CC#CC#CC#CC#CC#C[N+]1=C(/C=C/C=C/C=C/N(C(C)=O)c2ccccc2)C(C)(C)c2ccccc21.C=C1[NH+](CCCCCCCCCCCCCC)c2ccc([N+](=O)[O-])cc2C1(C)C.[2HH].[B].[HH].[HH].[HH].[HH].[HH].[HH].[HH].[HH].[HH].[HH].[HH].[HH].[HH].[HH].[HH].[HH].[HH].[HH].[HH].[HH].[HH].[HH].[HH].[HH].[HH].[HH].[HH].[HH].[HH].[HH].[HH].[HH].[HH].[HH].[HH].[HH].[HH].[HH].[HH].[HH].[HH].[HH].[HH].[HH].[I-].[I-]. The molecule has 9 rings (SSSR count). The Hall–Kier alpha value is -16.8. The number of amides is 1. The third kappa shape index (κ3) is 43.5. The van der Waals surface area contributed by atoms with Crippen molar-refractivity contribution in [1.82, 2.24) is 0 Å². The van der Waals surface area contributed by atoms with Gasteiger partial charge < -0.3 is 52.9 Å². The minimum atomic E-state index is -0.390. The summed E-state index contributed by atoms with van der Waals surface area (Å²) >= 11 is 0. The number of para-hydroxylation sites is 3. The minimum Gasteiger partial charge on any atom is -1.00 e. The summed E-state index contributed by atoms with van der Waals surface area (Å²) in [7, 11) is 0. The summed E-state index contributed by atoms with van der Waals surface area (Å²) < 4.78 is 3.93. The van der Waals surface area contributed by atoms with Gasteiger partial charge in [-0.2, -0.15) is 0 Å². The molecule has 150 heavy (non-hydrogen) atoms. The second-order valence-corrected chi connectivity index (χ2v) is 35.8. The molecular formula is C135H216BI2N7O5+. The second-order valence-electron chi connectivity index (χ2n) is 35.8. The van der Waals surface area contributed by atoms with E-state index >= 15 is 0 Å². The van der Waals surface area contributed by atoms with Gasteiger partial charge in [-0.3, -0.25) is 34.8 Å². The van der Waals surface area contributed by atoms with Gasteiger partial charge in [0.05, 0.1) is 44.5 Å². The molecule has 1 N–H and O–H groups in total. The lowest BCUT2D eigenvalue weighted by atomic mass is 9.81. The zero-order valence-corrected chi connectivity index (χ0v) is 91.6. The number of non-ortho nitro benzene ring substituents is 2. The van der Waals surface area contributed by atoms with Gasteiger partial charge >= 0.3 is 0 Å². The Balaban J connectivity index is -0.0000000404. The van der Waals surface area contributed by atoms with Crippen LogP contribution in [0.2, 0.25) is 0 Å². The molecule has 0 saturated heterocycles. The maximum Gasteiger partial charge on any atom is 0.270 e. The Morgan fingerprint density at radius 1 is 0.400 bits per heavy atom. The molecule has 1 unspecified atom stereocenters. The van der Waals surface area contributed by atoms with Crippen molar-refractivity contribution in [3.05, 3.63) is 255 Å². The fraction of sp³-hybridized carbons (Fsp3) is 0.311. The number of terminal acetylenes is 2. The monoisotopic (exact) mass is 2280 g/mol. The minimum absolute atomic E-state index is 0. The summed E-state index contributed by atoms with van der Waals surface area (Å²) in [6.07, 6.45) is 67.4. The highest BCUT2D eigenvalue weighted by atomic mass is 127. The first kappa shape index (κ1) is 127.